The second-order valence-electron chi connectivity index (χ2n) is 6.70. The molecule has 4 aromatic rings. The summed E-state index contributed by atoms with van der Waals surface area (Å²) in [4.78, 5) is 23.8. The highest BCUT2D eigenvalue weighted by Crippen LogP contribution is 2.14. The molecule has 4 rings (SSSR count). The lowest BCUT2D eigenvalue weighted by atomic mass is 10.1. The highest BCUT2D eigenvalue weighted by molar-refractivity contribution is 5.90. The lowest BCUT2D eigenvalue weighted by molar-refractivity contribution is 0.0471. The second-order valence-corrected chi connectivity index (χ2v) is 6.70. The van der Waals surface area contributed by atoms with Gasteiger partial charge in [0.2, 0.25) is 0 Å². The van der Waals surface area contributed by atoms with Gasteiger partial charge in [-0.05, 0) is 47.5 Å². The maximum atomic E-state index is 12.3. The molecule has 0 fully saturated rings. The van der Waals surface area contributed by atoms with E-state index < -0.39 is 11.9 Å². The quantitative estimate of drug-likeness (QED) is 0.459. The van der Waals surface area contributed by atoms with Crippen molar-refractivity contribution in [1.29, 1.82) is 0 Å². The molecule has 3 aromatic carbocycles. The van der Waals surface area contributed by atoms with Crippen molar-refractivity contribution in [3.8, 4) is 0 Å². The fourth-order valence-corrected chi connectivity index (χ4v) is 3.04. The predicted molar refractivity (Wildman–Crippen MR) is 110 cm³/mol. The number of esters is 2. The molecule has 7 nitrogen and oxygen atoms in total. The summed E-state index contributed by atoms with van der Waals surface area (Å²) >= 11 is 0. The number of carbonyl (C=O) groups is 2. The van der Waals surface area contributed by atoms with E-state index in [2.05, 4.69) is 15.0 Å². The zero-order valence-corrected chi connectivity index (χ0v) is 16.3. The van der Waals surface area contributed by atoms with Crippen molar-refractivity contribution in [1.82, 2.24) is 15.0 Å². The SMILES string of the molecule is COC(=O)c1ccc(COC(=O)c2ccc(Cn3nnc4ccccc43)cc2)cc1. The number of fused-ring (bicyclic) bond motifs is 1. The highest BCUT2D eigenvalue weighted by atomic mass is 16.5. The van der Waals surface area contributed by atoms with E-state index in [1.54, 1.807) is 36.4 Å². The lowest BCUT2D eigenvalue weighted by Crippen LogP contribution is -2.07. The molecule has 1 aromatic heterocycles. The van der Waals surface area contributed by atoms with Gasteiger partial charge in [0, 0.05) is 0 Å². The number of rotatable bonds is 6. The Morgan fingerprint density at radius 3 is 2.17 bits per heavy atom. The number of nitrogens with zero attached hydrogens (tertiary/aromatic N) is 3. The van der Waals surface area contributed by atoms with Crippen molar-refractivity contribution >= 4 is 23.0 Å². The molecule has 1 heterocycles. The summed E-state index contributed by atoms with van der Waals surface area (Å²) in [5.74, 6) is -0.817. The number of methoxy groups -OCH3 is 1. The van der Waals surface area contributed by atoms with Crippen LogP contribution in [0.2, 0.25) is 0 Å². The zero-order valence-electron chi connectivity index (χ0n) is 16.3. The van der Waals surface area contributed by atoms with Crippen LogP contribution < -0.4 is 0 Å². The van der Waals surface area contributed by atoms with Gasteiger partial charge in [0.05, 0.1) is 30.3 Å². The summed E-state index contributed by atoms with van der Waals surface area (Å²) in [5, 5.41) is 8.33. The average Bonchev–Trinajstić information content (AvgIpc) is 3.20. The van der Waals surface area contributed by atoms with Crippen LogP contribution in [-0.2, 0) is 22.6 Å². The molecule has 7 heteroatoms. The first-order chi connectivity index (χ1) is 14.6. The van der Waals surface area contributed by atoms with Crippen molar-refractivity contribution < 1.29 is 19.1 Å². The number of aromatic nitrogens is 3. The van der Waals surface area contributed by atoms with Gasteiger partial charge in [0.15, 0.2) is 0 Å². The molecule has 0 aliphatic carbocycles. The van der Waals surface area contributed by atoms with Gasteiger partial charge in [0.1, 0.15) is 12.1 Å². The summed E-state index contributed by atoms with van der Waals surface area (Å²) in [6.07, 6.45) is 0. The molecule has 30 heavy (non-hydrogen) atoms. The standard InChI is InChI=1S/C23H19N3O4/c1-29-22(27)18-12-8-17(9-13-18)15-30-23(28)19-10-6-16(7-11-19)14-26-21-5-3-2-4-20(21)24-25-26/h2-13H,14-15H2,1H3. The van der Waals surface area contributed by atoms with E-state index in [0.717, 1.165) is 22.2 Å². The fourth-order valence-electron chi connectivity index (χ4n) is 3.04. The van der Waals surface area contributed by atoms with Gasteiger partial charge in [-0.25, -0.2) is 14.3 Å². The van der Waals surface area contributed by atoms with E-state index in [-0.39, 0.29) is 6.61 Å². The van der Waals surface area contributed by atoms with Crippen molar-refractivity contribution in [2.24, 2.45) is 0 Å². The maximum Gasteiger partial charge on any atom is 0.338 e. The zero-order chi connectivity index (χ0) is 20.9. The molecule has 0 amide bonds. The number of hydrogen-bond acceptors (Lipinski definition) is 6. The van der Waals surface area contributed by atoms with Gasteiger partial charge in [0.25, 0.3) is 0 Å². The first-order valence-electron chi connectivity index (χ1n) is 9.35. The normalized spacial score (nSPS) is 10.7. The molecule has 0 bridgehead atoms. The van der Waals surface area contributed by atoms with E-state index in [1.165, 1.54) is 7.11 Å². The van der Waals surface area contributed by atoms with Crippen LogP contribution in [0.15, 0.2) is 72.8 Å². The summed E-state index contributed by atoms with van der Waals surface area (Å²) in [6, 6.07) is 21.7. The Hall–Kier alpha value is -4.00. The number of para-hydroxylation sites is 1. The molecule has 0 saturated heterocycles. The predicted octanol–water partition coefficient (Wildman–Crippen LogP) is 3.62. The van der Waals surface area contributed by atoms with E-state index in [4.69, 9.17) is 4.74 Å². The highest BCUT2D eigenvalue weighted by Gasteiger charge is 2.10. The number of ether oxygens (including phenoxy) is 2. The molecule has 0 saturated carbocycles. The largest absolute Gasteiger partial charge is 0.465 e. The van der Waals surface area contributed by atoms with E-state index in [1.807, 2.05) is 41.1 Å². The molecule has 0 radical (unpaired) electrons. The monoisotopic (exact) mass is 401 g/mol. The summed E-state index contributed by atoms with van der Waals surface area (Å²) in [5.41, 5.74) is 4.50. The van der Waals surface area contributed by atoms with Crippen LogP contribution in [0.5, 0.6) is 0 Å². The van der Waals surface area contributed by atoms with Crippen LogP contribution in [0.4, 0.5) is 0 Å². The maximum absolute atomic E-state index is 12.3. The molecule has 0 unspecified atom stereocenters. The number of hydrogen-bond donors (Lipinski definition) is 0. The van der Waals surface area contributed by atoms with E-state index in [9.17, 15) is 9.59 Å². The molecular formula is C23H19N3O4. The van der Waals surface area contributed by atoms with Crippen molar-refractivity contribution in [3.63, 3.8) is 0 Å². The van der Waals surface area contributed by atoms with Crippen LogP contribution in [0, 0.1) is 0 Å². The Morgan fingerprint density at radius 1 is 0.833 bits per heavy atom. The first kappa shape index (κ1) is 19.3. The van der Waals surface area contributed by atoms with Gasteiger partial charge in [-0.2, -0.15) is 0 Å². The van der Waals surface area contributed by atoms with Crippen LogP contribution in [0.25, 0.3) is 11.0 Å². The third-order valence-corrected chi connectivity index (χ3v) is 4.69. The summed E-state index contributed by atoms with van der Waals surface area (Å²) in [7, 11) is 1.33. The molecular weight excluding hydrogens is 382 g/mol. The van der Waals surface area contributed by atoms with Gasteiger partial charge in [-0.1, -0.05) is 41.6 Å². The van der Waals surface area contributed by atoms with Crippen molar-refractivity contribution in [3.05, 3.63) is 95.1 Å². The lowest BCUT2D eigenvalue weighted by Gasteiger charge is -2.07. The molecule has 0 spiro atoms. The second kappa shape index (κ2) is 8.57. The van der Waals surface area contributed by atoms with Gasteiger partial charge in [-0.15, -0.1) is 5.10 Å². The smallest absolute Gasteiger partial charge is 0.338 e. The fraction of sp³-hybridized carbons (Fsp3) is 0.130. The third kappa shape index (κ3) is 4.20. The Kier molecular flexibility index (Phi) is 5.52. The average molecular weight is 401 g/mol. The number of carbonyl (C=O) groups excluding carboxylic acids is 2. The van der Waals surface area contributed by atoms with Gasteiger partial charge < -0.3 is 9.47 Å². The minimum atomic E-state index is -0.412. The first-order valence-corrected chi connectivity index (χ1v) is 9.35. The molecule has 150 valence electrons. The van der Waals surface area contributed by atoms with Gasteiger partial charge in [-0.3, -0.25) is 0 Å². The molecule has 0 N–H and O–H groups in total. The third-order valence-electron chi connectivity index (χ3n) is 4.69. The van der Waals surface area contributed by atoms with Crippen molar-refractivity contribution in [2.45, 2.75) is 13.2 Å². The van der Waals surface area contributed by atoms with E-state index >= 15 is 0 Å². The Balaban J connectivity index is 1.36. The Bertz CT molecular complexity index is 1180. The summed E-state index contributed by atoms with van der Waals surface area (Å²) in [6.45, 7) is 0.676. The van der Waals surface area contributed by atoms with Crippen LogP contribution in [0.3, 0.4) is 0 Å². The molecule has 0 aliphatic rings. The Labute approximate surface area is 172 Å². The molecule has 0 aliphatic heterocycles. The van der Waals surface area contributed by atoms with Crippen LogP contribution >= 0.6 is 0 Å². The summed E-state index contributed by atoms with van der Waals surface area (Å²) < 4.78 is 11.8. The van der Waals surface area contributed by atoms with Crippen LogP contribution in [0.1, 0.15) is 31.8 Å². The van der Waals surface area contributed by atoms with Crippen LogP contribution in [-0.4, -0.2) is 34.0 Å². The van der Waals surface area contributed by atoms with Gasteiger partial charge >= 0.3 is 11.9 Å². The molecule has 0 atom stereocenters. The Morgan fingerprint density at radius 2 is 1.47 bits per heavy atom. The minimum Gasteiger partial charge on any atom is -0.465 e. The minimum absolute atomic E-state index is 0.118. The number of benzene rings is 3. The topological polar surface area (TPSA) is 83.3 Å². The van der Waals surface area contributed by atoms with E-state index in [0.29, 0.717) is 17.7 Å². The van der Waals surface area contributed by atoms with Crippen molar-refractivity contribution in [2.75, 3.05) is 7.11 Å².